The fourth-order valence-electron chi connectivity index (χ4n) is 1.14. The van der Waals surface area contributed by atoms with Crippen molar-refractivity contribution in [3.8, 4) is 0 Å². The van der Waals surface area contributed by atoms with Crippen molar-refractivity contribution in [2.45, 2.75) is 6.92 Å². The molecule has 1 aromatic carbocycles. The first-order valence-corrected chi connectivity index (χ1v) is 4.10. The van der Waals surface area contributed by atoms with Gasteiger partial charge in [0.15, 0.2) is 5.82 Å². The monoisotopic (exact) mass is 233 g/mol. The highest BCUT2D eigenvalue weighted by Crippen LogP contribution is 2.30. The van der Waals surface area contributed by atoms with Crippen molar-refractivity contribution in [2.75, 3.05) is 0 Å². The van der Waals surface area contributed by atoms with Crippen molar-refractivity contribution in [3.05, 3.63) is 38.1 Å². The summed E-state index contributed by atoms with van der Waals surface area (Å²) in [5, 5.41) is 18.8. The van der Waals surface area contributed by atoms with Crippen molar-refractivity contribution in [3.63, 3.8) is 0 Å². The molecule has 0 saturated heterocycles. The Morgan fingerprint density at radius 2 is 2.20 bits per heavy atom. The summed E-state index contributed by atoms with van der Waals surface area (Å²) in [6, 6.07) is 0.727. The minimum absolute atomic E-state index is 0.384. The molecule has 0 aliphatic heterocycles. The molecule has 0 bridgehead atoms. The third-order valence-electron chi connectivity index (χ3n) is 1.83. The van der Waals surface area contributed by atoms with Gasteiger partial charge in [0.1, 0.15) is 5.56 Å². The van der Waals surface area contributed by atoms with Crippen LogP contribution in [0.25, 0.3) is 0 Å². The van der Waals surface area contributed by atoms with Crippen LogP contribution in [0.15, 0.2) is 6.07 Å². The Kier molecular flexibility index (Phi) is 2.90. The smallest absolute Gasteiger partial charge is 0.342 e. The number of carboxylic acids is 1. The minimum Gasteiger partial charge on any atom is -0.477 e. The van der Waals surface area contributed by atoms with Gasteiger partial charge in [-0.2, -0.15) is 0 Å². The number of nitro groups is 1. The van der Waals surface area contributed by atoms with E-state index in [4.69, 9.17) is 16.7 Å². The first-order valence-electron chi connectivity index (χ1n) is 3.72. The average Bonchev–Trinajstić information content (AvgIpc) is 2.12. The zero-order chi connectivity index (χ0) is 11.7. The van der Waals surface area contributed by atoms with Gasteiger partial charge in [-0.1, -0.05) is 11.6 Å². The molecule has 15 heavy (non-hydrogen) atoms. The van der Waals surface area contributed by atoms with E-state index in [1.165, 1.54) is 0 Å². The van der Waals surface area contributed by atoms with Gasteiger partial charge in [-0.15, -0.1) is 0 Å². The SMILES string of the molecule is Cc1c(F)c(Cl)cc(C(=O)O)c1[N+](=O)[O-]. The molecular weight excluding hydrogens is 229 g/mol. The standard InChI is InChI=1S/C8H5ClFNO4/c1-3-6(10)5(9)2-4(8(12)13)7(3)11(14)15/h2H,1H3,(H,12,13). The Morgan fingerprint density at radius 3 is 2.60 bits per heavy atom. The molecule has 1 rings (SSSR count). The molecule has 0 saturated carbocycles. The third kappa shape index (κ3) is 1.89. The zero-order valence-corrected chi connectivity index (χ0v) is 8.21. The van der Waals surface area contributed by atoms with Gasteiger partial charge in [0, 0.05) is 0 Å². The van der Waals surface area contributed by atoms with E-state index in [1.807, 2.05) is 0 Å². The van der Waals surface area contributed by atoms with E-state index in [0.29, 0.717) is 0 Å². The quantitative estimate of drug-likeness (QED) is 0.628. The maximum absolute atomic E-state index is 13.2. The zero-order valence-electron chi connectivity index (χ0n) is 7.45. The van der Waals surface area contributed by atoms with Crippen molar-refractivity contribution >= 4 is 23.3 Å². The van der Waals surface area contributed by atoms with Gasteiger partial charge < -0.3 is 5.11 Å². The molecule has 0 fully saturated rings. The molecule has 1 aromatic rings. The molecule has 0 heterocycles. The summed E-state index contributed by atoms with van der Waals surface area (Å²) in [6.07, 6.45) is 0. The summed E-state index contributed by atoms with van der Waals surface area (Å²) in [4.78, 5) is 20.3. The number of rotatable bonds is 2. The Morgan fingerprint density at radius 1 is 1.67 bits per heavy atom. The topological polar surface area (TPSA) is 80.4 Å². The molecule has 0 aliphatic rings. The second kappa shape index (κ2) is 3.82. The molecule has 0 radical (unpaired) electrons. The molecule has 0 atom stereocenters. The van der Waals surface area contributed by atoms with E-state index in [2.05, 4.69) is 0 Å². The Labute approximate surface area is 88.2 Å². The van der Waals surface area contributed by atoms with Crippen LogP contribution in [0.4, 0.5) is 10.1 Å². The summed E-state index contributed by atoms with van der Waals surface area (Å²) < 4.78 is 13.2. The van der Waals surface area contributed by atoms with Gasteiger partial charge >= 0.3 is 5.97 Å². The van der Waals surface area contributed by atoms with Gasteiger partial charge in [0.25, 0.3) is 5.69 Å². The van der Waals surface area contributed by atoms with Gasteiger partial charge in [0.05, 0.1) is 15.5 Å². The third-order valence-corrected chi connectivity index (χ3v) is 2.11. The van der Waals surface area contributed by atoms with Crippen LogP contribution in [0.1, 0.15) is 15.9 Å². The first kappa shape index (κ1) is 11.4. The maximum atomic E-state index is 13.2. The van der Waals surface area contributed by atoms with Crippen LogP contribution in [0, 0.1) is 22.9 Å². The van der Waals surface area contributed by atoms with Gasteiger partial charge in [-0.25, -0.2) is 9.18 Å². The molecule has 0 amide bonds. The molecule has 0 aliphatic carbocycles. The van der Waals surface area contributed by atoms with Crippen molar-refractivity contribution in [1.82, 2.24) is 0 Å². The Hall–Kier alpha value is -1.69. The largest absolute Gasteiger partial charge is 0.477 e. The minimum atomic E-state index is -1.52. The number of hydrogen-bond donors (Lipinski definition) is 1. The summed E-state index contributed by atoms with van der Waals surface area (Å²) in [6.45, 7) is 1.10. The maximum Gasteiger partial charge on any atom is 0.342 e. The van der Waals surface area contributed by atoms with Crippen LogP contribution < -0.4 is 0 Å². The summed E-state index contributed by atoms with van der Waals surface area (Å²) in [7, 11) is 0. The lowest BCUT2D eigenvalue weighted by Crippen LogP contribution is -2.06. The summed E-state index contributed by atoms with van der Waals surface area (Å²) in [5.74, 6) is -2.50. The number of hydrogen-bond acceptors (Lipinski definition) is 3. The van der Waals surface area contributed by atoms with Crippen LogP contribution in [-0.4, -0.2) is 16.0 Å². The molecule has 7 heteroatoms. The van der Waals surface area contributed by atoms with Crippen molar-refractivity contribution in [1.29, 1.82) is 0 Å². The van der Waals surface area contributed by atoms with E-state index in [9.17, 15) is 19.3 Å². The molecule has 5 nitrogen and oxygen atoms in total. The fourth-order valence-corrected chi connectivity index (χ4v) is 1.39. The molecule has 0 spiro atoms. The summed E-state index contributed by atoms with van der Waals surface area (Å²) >= 11 is 5.38. The number of halogens is 2. The average molecular weight is 234 g/mol. The molecule has 80 valence electrons. The van der Waals surface area contributed by atoms with Gasteiger partial charge in [-0.3, -0.25) is 10.1 Å². The predicted octanol–water partition coefficient (Wildman–Crippen LogP) is 2.39. The number of nitrogens with zero attached hydrogens (tertiary/aromatic N) is 1. The Bertz CT molecular complexity index is 460. The van der Waals surface area contributed by atoms with Gasteiger partial charge in [-0.05, 0) is 13.0 Å². The van der Waals surface area contributed by atoms with E-state index in [1.54, 1.807) is 0 Å². The highest BCUT2D eigenvalue weighted by atomic mass is 35.5. The number of benzene rings is 1. The van der Waals surface area contributed by atoms with Crippen molar-refractivity contribution in [2.24, 2.45) is 0 Å². The summed E-state index contributed by atoms with van der Waals surface area (Å²) in [5.41, 5.74) is -1.78. The number of nitro benzene ring substituents is 1. The van der Waals surface area contributed by atoms with Crippen LogP contribution in [0.3, 0.4) is 0 Å². The lowest BCUT2D eigenvalue weighted by atomic mass is 10.1. The number of carboxylic acid groups (broad SMARTS) is 1. The van der Waals surface area contributed by atoms with Crippen LogP contribution in [-0.2, 0) is 0 Å². The second-order valence-electron chi connectivity index (χ2n) is 2.76. The van der Waals surface area contributed by atoms with E-state index in [0.717, 1.165) is 13.0 Å². The van der Waals surface area contributed by atoms with E-state index in [-0.39, 0.29) is 5.56 Å². The van der Waals surface area contributed by atoms with Crippen LogP contribution in [0.5, 0.6) is 0 Å². The molecule has 0 aromatic heterocycles. The number of aromatic carboxylic acids is 1. The fraction of sp³-hybridized carbons (Fsp3) is 0.125. The highest BCUT2D eigenvalue weighted by molar-refractivity contribution is 6.31. The molecule has 0 unspecified atom stereocenters. The number of carbonyl (C=O) groups is 1. The molecule has 1 N–H and O–H groups in total. The lowest BCUT2D eigenvalue weighted by molar-refractivity contribution is -0.385. The van der Waals surface area contributed by atoms with Crippen LogP contribution >= 0.6 is 11.6 Å². The normalized spacial score (nSPS) is 10.1. The van der Waals surface area contributed by atoms with E-state index >= 15 is 0 Å². The predicted molar refractivity (Wildman–Crippen MR) is 49.8 cm³/mol. The highest BCUT2D eigenvalue weighted by Gasteiger charge is 2.27. The lowest BCUT2D eigenvalue weighted by Gasteiger charge is -2.04. The second-order valence-corrected chi connectivity index (χ2v) is 3.16. The Balaban J connectivity index is 3.65. The molecular formula is C8H5ClFNO4. The van der Waals surface area contributed by atoms with Crippen LogP contribution in [0.2, 0.25) is 5.02 Å². The first-order chi connectivity index (χ1) is 6.86. The van der Waals surface area contributed by atoms with Gasteiger partial charge in [0.2, 0.25) is 0 Å². The van der Waals surface area contributed by atoms with E-state index < -0.39 is 33.0 Å². The van der Waals surface area contributed by atoms with Crippen molar-refractivity contribution < 1.29 is 19.2 Å².